The zero-order valence-corrected chi connectivity index (χ0v) is 10.4. The lowest BCUT2D eigenvalue weighted by atomic mass is 10.1. The maximum absolute atomic E-state index is 9.60. The molecule has 0 saturated carbocycles. The predicted molar refractivity (Wildman–Crippen MR) is 60.2 cm³/mol. The quantitative estimate of drug-likeness (QED) is 0.766. The van der Waals surface area contributed by atoms with Crippen LogP contribution in [0.2, 0.25) is 10.0 Å². The van der Waals surface area contributed by atoms with Crippen molar-refractivity contribution < 1.29 is 5.11 Å². The molecule has 0 heterocycles. The van der Waals surface area contributed by atoms with Crippen LogP contribution in [0.15, 0.2) is 0 Å². The Morgan fingerprint density at radius 1 is 1.15 bits per heavy atom. The Labute approximate surface area is 95.8 Å². The van der Waals surface area contributed by atoms with Gasteiger partial charge >= 0.3 is 0 Å². The van der Waals surface area contributed by atoms with Gasteiger partial charge in [0.05, 0.1) is 10.0 Å². The Morgan fingerprint density at radius 3 is 1.85 bits per heavy atom. The second-order valence-electron chi connectivity index (χ2n) is 2.84. The van der Waals surface area contributed by atoms with E-state index in [-0.39, 0.29) is 5.75 Å². The fourth-order valence-corrected chi connectivity index (χ4v) is 2.59. The Bertz CT molecular complexity index is 321. The van der Waals surface area contributed by atoms with Gasteiger partial charge in [0, 0.05) is 22.0 Å². The van der Waals surface area contributed by atoms with Crippen molar-refractivity contribution in [3.05, 3.63) is 26.7 Å². The number of halogens is 3. The normalized spacial score (nSPS) is 10.5. The number of aromatic hydroxyl groups is 1. The van der Waals surface area contributed by atoms with Crippen LogP contribution in [0.25, 0.3) is 0 Å². The highest BCUT2D eigenvalue weighted by molar-refractivity contribution is 9.08. The zero-order chi connectivity index (χ0) is 10.2. The molecule has 1 nitrogen and oxygen atoms in total. The van der Waals surface area contributed by atoms with Gasteiger partial charge in [0.15, 0.2) is 0 Å². The van der Waals surface area contributed by atoms with Crippen LogP contribution in [-0.4, -0.2) is 5.11 Å². The molecule has 0 atom stereocenters. The summed E-state index contributed by atoms with van der Waals surface area (Å²) < 4.78 is 0. The Morgan fingerprint density at radius 2 is 1.54 bits per heavy atom. The minimum Gasteiger partial charge on any atom is -0.507 e. The number of hydrogen-bond donors (Lipinski definition) is 1. The molecule has 0 amide bonds. The lowest BCUT2D eigenvalue weighted by molar-refractivity contribution is 0.467. The molecule has 1 rings (SSSR count). The minimum absolute atomic E-state index is 0.180. The Hall–Kier alpha value is 0.0800. The summed E-state index contributed by atoms with van der Waals surface area (Å²) >= 11 is 15.3. The van der Waals surface area contributed by atoms with Crippen molar-refractivity contribution in [2.75, 3.05) is 0 Å². The van der Waals surface area contributed by atoms with Gasteiger partial charge in [-0.15, -0.1) is 0 Å². The van der Waals surface area contributed by atoms with Gasteiger partial charge in [-0.3, -0.25) is 0 Å². The zero-order valence-electron chi connectivity index (χ0n) is 7.29. The lowest BCUT2D eigenvalue weighted by Gasteiger charge is -2.12. The minimum atomic E-state index is 0.180. The number of alkyl halides is 1. The molecule has 0 aliphatic rings. The highest BCUT2D eigenvalue weighted by Crippen LogP contribution is 2.39. The largest absolute Gasteiger partial charge is 0.507 e. The maximum Gasteiger partial charge on any atom is 0.124 e. The van der Waals surface area contributed by atoms with Gasteiger partial charge in [0.25, 0.3) is 0 Å². The first-order valence-corrected chi connectivity index (χ1v) is 5.60. The first-order valence-electron chi connectivity index (χ1n) is 3.72. The molecule has 0 bridgehead atoms. The summed E-state index contributed by atoms with van der Waals surface area (Å²) in [4.78, 5) is 0. The highest BCUT2D eigenvalue weighted by Gasteiger charge is 2.15. The van der Waals surface area contributed by atoms with Gasteiger partial charge < -0.3 is 5.11 Å². The number of phenolic OH excluding ortho intramolecular Hbond substituents is 1. The Kier molecular flexibility index (Phi) is 3.50. The summed E-state index contributed by atoms with van der Waals surface area (Å²) in [7, 11) is 0. The molecule has 4 heteroatoms. The first-order chi connectivity index (χ1) is 6.00. The van der Waals surface area contributed by atoms with Crippen molar-refractivity contribution in [3.63, 3.8) is 0 Å². The fourth-order valence-electron chi connectivity index (χ4n) is 1.16. The second-order valence-corrected chi connectivity index (χ2v) is 4.16. The van der Waals surface area contributed by atoms with Crippen LogP contribution in [-0.2, 0) is 5.33 Å². The fraction of sp³-hybridized carbons (Fsp3) is 0.333. The number of rotatable bonds is 1. The first kappa shape index (κ1) is 11.2. The van der Waals surface area contributed by atoms with Crippen LogP contribution in [0.1, 0.15) is 16.7 Å². The van der Waals surface area contributed by atoms with E-state index < -0.39 is 0 Å². The van der Waals surface area contributed by atoms with E-state index in [1.165, 1.54) is 0 Å². The Balaban J connectivity index is 3.56. The number of hydrogen-bond acceptors (Lipinski definition) is 1. The molecular weight excluding hydrogens is 275 g/mol. The molecule has 1 N–H and O–H groups in total. The van der Waals surface area contributed by atoms with E-state index in [0.29, 0.717) is 26.5 Å². The van der Waals surface area contributed by atoms with E-state index in [9.17, 15) is 5.11 Å². The topological polar surface area (TPSA) is 20.2 Å². The molecular formula is C9H9BrCl2O. The number of benzene rings is 1. The molecule has 0 aliphatic carbocycles. The second kappa shape index (κ2) is 4.07. The van der Waals surface area contributed by atoms with Crippen molar-refractivity contribution in [1.82, 2.24) is 0 Å². The molecule has 0 aromatic heterocycles. The maximum atomic E-state index is 9.60. The molecule has 0 spiro atoms. The van der Waals surface area contributed by atoms with Crippen molar-refractivity contribution in [2.24, 2.45) is 0 Å². The summed E-state index contributed by atoms with van der Waals surface area (Å²) in [5, 5.41) is 11.3. The van der Waals surface area contributed by atoms with Gasteiger partial charge in [0.2, 0.25) is 0 Å². The number of phenols is 1. The lowest BCUT2D eigenvalue weighted by Crippen LogP contribution is -1.91. The summed E-state index contributed by atoms with van der Waals surface area (Å²) in [6.07, 6.45) is 0. The molecule has 72 valence electrons. The van der Waals surface area contributed by atoms with Crippen LogP contribution in [0.3, 0.4) is 0 Å². The molecule has 13 heavy (non-hydrogen) atoms. The van der Waals surface area contributed by atoms with Gasteiger partial charge in [-0.2, -0.15) is 0 Å². The predicted octanol–water partition coefficient (Wildman–Crippen LogP) is 4.21. The highest BCUT2D eigenvalue weighted by atomic mass is 79.9. The average Bonchev–Trinajstić information content (AvgIpc) is 2.13. The molecule has 0 unspecified atom stereocenters. The van der Waals surface area contributed by atoms with E-state index in [1.54, 1.807) is 13.8 Å². The van der Waals surface area contributed by atoms with Crippen molar-refractivity contribution in [2.45, 2.75) is 19.2 Å². The smallest absolute Gasteiger partial charge is 0.124 e. The van der Waals surface area contributed by atoms with Gasteiger partial charge in [0.1, 0.15) is 5.75 Å². The third kappa shape index (κ3) is 1.80. The third-order valence-electron chi connectivity index (χ3n) is 2.03. The van der Waals surface area contributed by atoms with Gasteiger partial charge in [-0.1, -0.05) is 39.1 Å². The van der Waals surface area contributed by atoms with E-state index in [1.807, 2.05) is 0 Å². The summed E-state index contributed by atoms with van der Waals surface area (Å²) in [5.74, 6) is 0.180. The van der Waals surface area contributed by atoms with Crippen molar-refractivity contribution in [1.29, 1.82) is 0 Å². The van der Waals surface area contributed by atoms with E-state index in [0.717, 1.165) is 5.56 Å². The van der Waals surface area contributed by atoms with Crippen LogP contribution >= 0.6 is 39.1 Å². The van der Waals surface area contributed by atoms with Crippen molar-refractivity contribution >= 4 is 39.1 Å². The summed E-state index contributed by atoms with van der Waals surface area (Å²) in [6, 6.07) is 0. The summed E-state index contributed by atoms with van der Waals surface area (Å²) in [6.45, 7) is 3.54. The van der Waals surface area contributed by atoms with E-state index in [4.69, 9.17) is 23.2 Å². The standard InChI is InChI=1S/C9H9BrCl2O/c1-4-7(11)6(3-10)8(12)5(2)9(4)13/h13H,3H2,1-2H3. The van der Waals surface area contributed by atoms with Crippen LogP contribution in [0, 0.1) is 13.8 Å². The molecule has 1 aromatic carbocycles. The summed E-state index contributed by atoms with van der Waals surface area (Å²) in [5.41, 5.74) is 2.19. The molecule has 0 aliphatic heterocycles. The van der Waals surface area contributed by atoms with E-state index in [2.05, 4.69) is 15.9 Å². The SMILES string of the molecule is Cc1c(O)c(C)c(Cl)c(CBr)c1Cl. The van der Waals surface area contributed by atoms with Gasteiger partial charge in [-0.05, 0) is 13.8 Å². The molecule has 0 fully saturated rings. The average molecular weight is 284 g/mol. The third-order valence-corrected chi connectivity index (χ3v) is 3.62. The van der Waals surface area contributed by atoms with Crippen molar-refractivity contribution in [3.8, 4) is 5.75 Å². The monoisotopic (exact) mass is 282 g/mol. The molecule has 0 radical (unpaired) electrons. The van der Waals surface area contributed by atoms with Crippen LogP contribution < -0.4 is 0 Å². The molecule has 0 saturated heterocycles. The molecule has 1 aromatic rings. The van der Waals surface area contributed by atoms with Crippen LogP contribution in [0.4, 0.5) is 0 Å². The van der Waals surface area contributed by atoms with Gasteiger partial charge in [-0.25, -0.2) is 0 Å². The van der Waals surface area contributed by atoms with E-state index >= 15 is 0 Å². The van der Waals surface area contributed by atoms with Crippen LogP contribution in [0.5, 0.6) is 5.75 Å².